The molecule has 0 aromatic rings. The third-order valence-corrected chi connectivity index (χ3v) is 11.4. The van der Waals surface area contributed by atoms with Gasteiger partial charge in [-0.05, 0) is 91.9 Å². The predicted molar refractivity (Wildman–Crippen MR) is 136 cm³/mol. The Balaban J connectivity index is 1.71. The average molecular weight is 485 g/mol. The second-order valence-corrected chi connectivity index (χ2v) is 13.4. The molecule has 0 spiro atoms. The highest BCUT2D eigenvalue weighted by atomic mass is 16.4. The Morgan fingerprint density at radius 3 is 2.43 bits per heavy atom. The van der Waals surface area contributed by atoms with Crippen LogP contribution in [0.15, 0.2) is 22.8 Å². The first-order chi connectivity index (χ1) is 16.1. The third-order valence-electron chi connectivity index (χ3n) is 11.4. The molecule has 0 aromatic carbocycles. The maximum atomic E-state index is 14.0. The van der Waals surface area contributed by atoms with E-state index >= 15 is 0 Å². The minimum Gasteiger partial charge on any atom is -0.478 e. The number of Topliss-reactive ketones (excluding diaryl/α,β-unsaturated/α-hetero) is 2. The summed E-state index contributed by atoms with van der Waals surface area (Å²) in [6.45, 7) is 14.6. The van der Waals surface area contributed by atoms with Crippen LogP contribution in [-0.4, -0.2) is 33.9 Å². The molecule has 0 unspecified atom stereocenters. The van der Waals surface area contributed by atoms with Crippen molar-refractivity contribution in [2.24, 2.45) is 39.4 Å². The number of rotatable bonds is 5. The lowest BCUT2D eigenvalue weighted by Crippen LogP contribution is -2.57. The zero-order valence-electron chi connectivity index (χ0n) is 22.7. The van der Waals surface area contributed by atoms with Crippen molar-refractivity contribution in [1.82, 2.24) is 0 Å². The molecule has 2 saturated carbocycles. The molecule has 0 heterocycles. The summed E-state index contributed by atoms with van der Waals surface area (Å²) in [7, 11) is 0. The summed E-state index contributed by atoms with van der Waals surface area (Å²) in [6, 6.07) is 0. The zero-order valence-corrected chi connectivity index (χ0v) is 22.7. The van der Waals surface area contributed by atoms with Crippen LogP contribution in [0.5, 0.6) is 0 Å². The molecule has 4 aliphatic rings. The molecule has 35 heavy (non-hydrogen) atoms. The van der Waals surface area contributed by atoms with Gasteiger partial charge in [0, 0.05) is 24.0 Å². The summed E-state index contributed by atoms with van der Waals surface area (Å²) in [5.74, 6) is 0.137. The Bertz CT molecular complexity index is 1020. The van der Waals surface area contributed by atoms with E-state index in [0.29, 0.717) is 31.3 Å². The van der Waals surface area contributed by atoms with Crippen molar-refractivity contribution < 1.29 is 24.6 Å². The van der Waals surface area contributed by atoms with Crippen LogP contribution in [-0.2, 0) is 14.4 Å². The van der Waals surface area contributed by atoms with Gasteiger partial charge in [-0.3, -0.25) is 9.59 Å². The summed E-state index contributed by atoms with van der Waals surface area (Å²) in [5, 5.41) is 19.9. The number of aliphatic hydroxyl groups is 1. The molecule has 194 valence electrons. The van der Waals surface area contributed by atoms with Crippen LogP contribution >= 0.6 is 0 Å². The van der Waals surface area contributed by atoms with Gasteiger partial charge in [0.1, 0.15) is 5.78 Å². The second-order valence-electron chi connectivity index (χ2n) is 13.4. The van der Waals surface area contributed by atoms with Crippen molar-refractivity contribution >= 4 is 17.5 Å². The van der Waals surface area contributed by atoms with Gasteiger partial charge in [0.25, 0.3) is 0 Å². The van der Waals surface area contributed by atoms with Gasteiger partial charge < -0.3 is 10.2 Å². The zero-order chi connectivity index (χ0) is 26.1. The number of allylic oxidation sites excluding steroid dienone is 3. The molecule has 0 amide bonds. The van der Waals surface area contributed by atoms with Crippen LogP contribution in [0.2, 0.25) is 0 Å². The van der Waals surface area contributed by atoms with Crippen molar-refractivity contribution in [1.29, 1.82) is 0 Å². The van der Waals surface area contributed by atoms with E-state index in [1.54, 1.807) is 13.0 Å². The second kappa shape index (κ2) is 8.39. The fraction of sp³-hybridized carbons (Fsp3) is 0.767. The van der Waals surface area contributed by atoms with Gasteiger partial charge >= 0.3 is 5.97 Å². The van der Waals surface area contributed by atoms with Crippen LogP contribution in [0, 0.1) is 39.4 Å². The Morgan fingerprint density at radius 1 is 1.14 bits per heavy atom. The van der Waals surface area contributed by atoms with Crippen LogP contribution < -0.4 is 0 Å². The van der Waals surface area contributed by atoms with E-state index in [9.17, 15) is 19.5 Å². The number of carboxylic acids is 1. The fourth-order valence-electron chi connectivity index (χ4n) is 9.01. The van der Waals surface area contributed by atoms with Crippen molar-refractivity contribution in [2.75, 3.05) is 0 Å². The number of ketones is 2. The van der Waals surface area contributed by atoms with E-state index < -0.39 is 16.8 Å². The SMILES string of the molecule is C/C(=C\CC[C@@H](C)[C@H]1CC(=O)[C@@]2(C)C3=C(C(=O)C[C@]12C)[C@@]1(C)CC[C@H](O)C(C)(C)[C@@H]1CC3)C(=O)O. The number of hydrogen-bond acceptors (Lipinski definition) is 4. The van der Waals surface area contributed by atoms with Gasteiger partial charge in [-0.15, -0.1) is 0 Å². The van der Waals surface area contributed by atoms with E-state index in [2.05, 4.69) is 41.5 Å². The molecule has 4 rings (SSSR count). The van der Waals surface area contributed by atoms with Gasteiger partial charge in [-0.2, -0.15) is 0 Å². The highest BCUT2D eigenvalue weighted by Gasteiger charge is 2.68. The van der Waals surface area contributed by atoms with Crippen molar-refractivity contribution in [2.45, 2.75) is 106 Å². The lowest BCUT2D eigenvalue weighted by molar-refractivity contribution is -0.137. The van der Waals surface area contributed by atoms with Crippen molar-refractivity contribution in [3.63, 3.8) is 0 Å². The molecule has 0 saturated heterocycles. The Morgan fingerprint density at radius 2 is 1.80 bits per heavy atom. The number of carbonyl (C=O) groups is 3. The maximum Gasteiger partial charge on any atom is 0.330 e. The first-order valence-corrected chi connectivity index (χ1v) is 13.5. The van der Waals surface area contributed by atoms with Crippen molar-refractivity contribution in [3.05, 3.63) is 22.8 Å². The molecule has 0 aliphatic heterocycles. The Labute approximate surface area is 210 Å². The molecule has 4 aliphatic carbocycles. The lowest BCUT2D eigenvalue weighted by Gasteiger charge is -2.60. The largest absolute Gasteiger partial charge is 0.478 e. The summed E-state index contributed by atoms with van der Waals surface area (Å²) in [4.78, 5) is 39.0. The van der Waals surface area contributed by atoms with E-state index in [1.807, 2.05) is 0 Å². The highest BCUT2D eigenvalue weighted by molar-refractivity contribution is 6.05. The smallest absolute Gasteiger partial charge is 0.330 e. The van der Waals surface area contributed by atoms with Crippen molar-refractivity contribution in [3.8, 4) is 0 Å². The highest BCUT2D eigenvalue weighted by Crippen LogP contribution is 2.70. The van der Waals surface area contributed by atoms with Crippen LogP contribution in [0.4, 0.5) is 0 Å². The topological polar surface area (TPSA) is 91.7 Å². The first kappa shape index (κ1) is 26.3. The predicted octanol–water partition coefficient (Wildman–Crippen LogP) is 5.90. The van der Waals surface area contributed by atoms with Gasteiger partial charge in [0.05, 0.1) is 11.5 Å². The summed E-state index contributed by atoms with van der Waals surface area (Å²) >= 11 is 0. The normalized spacial score (nSPS) is 41.8. The number of fused-ring (bicyclic) bond motifs is 4. The van der Waals surface area contributed by atoms with Gasteiger partial charge in [-0.1, -0.05) is 40.7 Å². The van der Waals surface area contributed by atoms with Gasteiger partial charge in [0.2, 0.25) is 0 Å². The summed E-state index contributed by atoms with van der Waals surface area (Å²) < 4.78 is 0. The maximum absolute atomic E-state index is 14.0. The van der Waals surface area contributed by atoms with Gasteiger partial charge in [-0.25, -0.2) is 4.79 Å². The third kappa shape index (κ3) is 3.54. The molecule has 5 nitrogen and oxygen atoms in total. The summed E-state index contributed by atoms with van der Waals surface area (Å²) in [5.41, 5.74) is 0.781. The van der Waals surface area contributed by atoms with Gasteiger partial charge in [0.15, 0.2) is 5.78 Å². The van der Waals surface area contributed by atoms with E-state index in [4.69, 9.17) is 5.11 Å². The number of carbonyl (C=O) groups excluding carboxylic acids is 2. The minimum atomic E-state index is -0.895. The standard InChI is InChI=1S/C30H44O5/c1-17(9-8-10-18(2)26(34)35)20-15-24(33)30(7)19-11-12-22-27(3,4)23(32)13-14-28(22,5)25(19)21(31)16-29(20,30)6/h10,17,20,22-23,32H,8-9,11-16H2,1-7H3,(H,34,35)/b18-10+/t17-,20-,22+,23+,28+,29-,30-/m1/s1. The van der Waals surface area contributed by atoms with Crippen LogP contribution in [0.25, 0.3) is 0 Å². The van der Waals surface area contributed by atoms with E-state index in [0.717, 1.165) is 36.8 Å². The molecule has 5 heteroatoms. The van der Waals surface area contributed by atoms with Crippen LogP contribution in [0.3, 0.4) is 0 Å². The van der Waals surface area contributed by atoms with E-state index in [1.165, 1.54) is 0 Å². The average Bonchev–Trinajstić information content (AvgIpc) is 2.97. The molecule has 0 radical (unpaired) electrons. The Kier molecular flexibility index (Phi) is 6.31. The number of carboxylic acid groups (broad SMARTS) is 1. The summed E-state index contributed by atoms with van der Waals surface area (Å²) in [6.07, 6.45) is 6.92. The van der Waals surface area contributed by atoms with Crippen LogP contribution in [0.1, 0.15) is 99.8 Å². The number of hydrogen-bond donors (Lipinski definition) is 2. The lowest BCUT2D eigenvalue weighted by atomic mass is 9.43. The fourth-order valence-corrected chi connectivity index (χ4v) is 9.01. The molecule has 0 aromatic heterocycles. The molecule has 7 atom stereocenters. The molecule has 0 bridgehead atoms. The number of aliphatic carboxylic acids is 1. The minimum absolute atomic E-state index is 0.103. The first-order valence-electron chi connectivity index (χ1n) is 13.5. The number of aliphatic hydroxyl groups excluding tert-OH is 1. The Hall–Kier alpha value is -1.75. The molecule has 2 N–H and O–H groups in total. The molecule has 2 fully saturated rings. The quantitative estimate of drug-likeness (QED) is 0.474. The monoisotopic (exact) mass is 484 g/mol. The molecular weight excluding hydrogens is 440 g/mol. The molecular formula is C30H44O5. The van der Waals surface area contributed by atoms with E-state index in [-0.39, 0.29) is 46.3 Å².